The molecular weight excluding hydrogens is 476 g/mol. The predicted molar refractivity (Wildman–Crippen MR) is 149 cm³/mol. The van der Waals surface area contributed by atoms with E-state index in [1.54, 1.807) is 36.7 Å². The highest BCUT2D eigenvalue weighted by atomic mass is 16.5. The lowest BCUT2D eigenvalue weighted by molar-refractivity contribution is -0.140. The van der Waals surface area contributed by atoms with Crippen LogP contribution in [0.4, 0.5) is 0 Å². The van der Waals surface area contributed by atoms with Crippen LogP contribution in [0.5, 0.6) is 5.75 Å². The number of rotatable bonds is 7. The van der Waals surface area contributed by atoms with E-state index in [4.69, 9.17) is 4.74 Å². The van der Waals surface area contributed by atoms with E-state index in [0.29, 0.717) is 18.1 Å². The molecule has 3 aromatic rings. The van der Waals surface area contributed by atoms with Crippen molar-refractivity contribution in [1.82, 2.24) is 9.88 Å². The van der Waals surface area contributed by atoms with Gasteiger partial charge in [0.2, 0.25) is 0 Å². The Kier molecular flexibility index (Phi) is 7.72. The second-order valence-electron chi connectivity index (χ2n) is 11.3. The molecule has 0 aliphatic carbocycles. The topological polar surface area (TPSA) is 79.7 Å². The van der Waals surface area contributed by atoms with Crippen LogP contribution in [0.2, 0.25) is 0 Å². The first kappa shape index (κ1) is 27.1. The highest BCUT2D eigenvalue weighted by Crippen LogP contribution is 2.41. The molecule has 1 unspecified atom stereocenters. The summed E-state index contributed by atoms with van der Waals surface area (Å²) in [6.07, 6.45) is 3.34. The number of aliphatic hydroxyl groups excluding tert-OH is 1. The van der Waals surface area contributed by atoms with Gasteiger partial charge in [-0.1, -0.05) is 65.0 Å². The molecule has 1 N–H and O–H groups in total. The molecule has 6 heteroatoms. The molecule has 6 nitrogen and oxygen atoms in total. The van der Waals surface area contributed by atoms with Crippen LogP contribution in [0.15, 0.2) is 72.6 Å². The number of hydrogen-bond acceptors (Lipinski definition) is 5. The Labute approximate surface area is 225 Å². The largest absolute Gasteiger partial charge is 0.507 e. The molecule has 4 rings (SSSR count). The van der Waals surface area contributed by atoms with E-state index in [2.05, 4.69) is 39.6 Å². The maximum Gasteiger partial charge on any atom is 0.295 e. The number of aryl methyl sites for hydroxylation is 1. The average molecular weight is 513 g/mol. The molecule has 1 aromatic heterocycles. The summed E-state index contributed by atoms with van der Waals surface area (Å²) < 4.78 is 5.88. The quantitative estimate of drug-likeness (QED) is 0.227. The van der Waals surface area contributed by atoms with Crippen molar-refractivity contribution in [1.29, 1.82) is 0 Å². The lowest BCUT2D eigenvalue weighted by Crippen LogP contribution is -2.29. The van der Waals surface area contributed by atoms with E-state index in [-0.39, 0.29) is 23.3 Å². The third-order valence-electron chi connectivity index (χ3n) is 6.73. The van der Waals surface area contributed by atoms with Gasteiger partial charge < -0.3 is 14.7 Å². The van der Waals surface area contributed by atoms with Crippen molar-refractivity contribution < 1.29 is 19.4 Å². The number of Topliss-reactive ketones (excluding diaryl/α,β-unsaturated/α-hetero) is 1. The number of carbonyl (C=O) groups is 2. The molecule has 1 aliphatic rings. The summed E-state index contributed by atoms with van der Waals surface area (Å²) in [6.45, 7) is 13.2. The lowest BCUT2D eigenvalue weighted by Gasteiger charge is -2.26. The molecule has 1 amide bonds. The zero-order chi connectivity index (χ0) is 27.6. The highest BCUT2D eigenvalue weighted by Gasteiger charge is 2.46. The van der Waals surface area contributed by atoms with Gasteiger partial charge >= 0.3 is 0 Å². The minimum Gasteiger partial charge on any atom is -0.507 e. The average Bonchev–Trinajstić information content (AvgIpc) is 3.12. The van der Waals surface area contributed by atoms with Gasteiger partial charge in [0, 0.05) is 24.5 Å². The van der Waals surface area contributed by atoms with E-state index in [0.717, 1.165) is 28.0 Å². The van der Waals surface area contributed by atoms with Crippen LogP contribution in [-0.4, -0.2) is 33.3 Å². The summed E-state index contributed by atoms with van der Waals surface area (Å²) in [7, 11) is 0. The van der Waals surface area contributed by atoms with E-state index in [1.165, 1.54) is 4.90 Å². The molecule has 0 saturated carbocycles. The van der Waals surface area contributed by atoms with Gasteiger partial charge in [0.15, 0.2) is 0 Å². The number of aliphatic hydroxyl groups is 1. The fraction of sp³-hybridized carbons (Fsp3) is 0.344. The second-order valence-corrected chi connectivity index (χ2v) is 11.3. The van der Waals surface area contributed by atoms with Crippen LogP contribution in [0.3, 0.4) is 0 Å². The number of amides is 1. The number of ketones is 1. The van der Waals surface area contributed by atoms with Gasteiger partial charge in [-0.15, -0.1) is 0 Å². The normalized spacial score (nSPS) is 17.3. The van der Waals surface area contributed by atoms with Gasteiger partial charge in [-0.05, 0) is 64.8 Å². The summed E-state index contributed by atoms with van der Waals surface area (Å²) in [6, 6.07) is 16.2. The number of carbonyl (C=O) groups excluding carboxylic acids is 2. The number of benzene rings is 2. The SMILES string of the molecule is Cc1cc(/C(O)=C2/C(=O)C(=O)N(Cc3cccnc3)C2c2ccc(C(C)(C)C)cc2)ccc1OCC(C)C. The second kappa shape index (κ2) is 10.8. The molecule has 38 heavy (non-hydrogen) atoms. The minimum absolute atomic E-state index is 0.0486. The molecule has 1 saturated heterocycles. The first-order valence-electron chi connectivity index (χ1n) is 13.0. The maximum atomic E-state index is 13.4. The zero-order valence-electron chi connectivity index (χ0n) is 23.0. The Bertz CT molecular complexity index is 1350. The van der Waals surface area contributed by atoms with Crippen LogP contribution in [0.25, 0.3) is 5.76 Å². The Balaban J connectivity index is 1.80. The van der Waals surface area contributed by atoms with Gasteiger partial charge in [-0.2, -0.15) is 0 Å². The third kappa shape index (κ3) is 5.64. The van der Waals surface area contributed by atoms with Gasteiger partial charge in [-0.25, -0.2) is 0 Å². The molecule has 1 fully saturated rings. The number of nitrogens with zero attached hydrogens (tertiary/aromatic N) is 2. The Morgan fingerprint density at radius 1 is 1.08 bits per heavy atom. The highest BCUT2D eigenvalue weighted by molar-refractivity contribution is 6.46. The smallest absolute Gasteiger partial charge is 0.295 e. The van der Waals surface area contributed by atoms with Crippen LogP contribution < -0.4 is 4.74 Å². The third-order valence-corrected chi connectivity index (χ3v) is 6.73. The van der Waals surface area contributed by atoms with Gasteiger partial charge in [-0.3, -0.25) is 14.6 Å². The zero-order valence-corrected chi connectivity index (χ0v) is 23.0. The molecule has 0 radical (unpaired) electrons. The van der Waals surface area contributed by atoms with Gasteiger partial charge in [0.05, 0.1) is 18.2 Å². The summed E-state index contributed by atoms with van der Waals surface area (Å²) in [5.74, 6) is -0.437. The molecular formula is C32H36N2O4. The molecule has 198 valence electrons. The molecule has 2 heterocycles. The number of ether oxygens (including phenoxy) is 1. The molecule has 1 aliphatic heterocycles. The summed E-state index contributed by atoms with van der Waals surface area (Å²) in [4.78, 5) is 32.4. The molecule has 1 atom stereocenters. The molecule has 0 bridgehead atoms. The van der Waals surface area contributed by atoms with Crippen molar-refractivity contribution in [2.45, 2.75) is 59.5 Å². The van der Waals surface area contributed by atoms with Crippen molar-refractivity contribution >= 4 is 17.4 Å². The molecule has 2 aromatic carbocycles. The number of aromatic nitrogens is 1. The standard InChI is InChI=1S/C32H36N2O4/c1-20(2)19-38-26-14-11-24(16-21(26)3)29(35)27-28(23-9-12-25(13-10-23)32(4,5)6)34(31(37)30(27)36)18-22-8-7-15-33-17-22/h7-17,20,28,35H,18-19H2,1-6H3/b29-27-. The van der Waals surface area contributed by atoms with Crippen molar-refractivity contribution in [2.24, 2.45) is 5.92 Å². The van der Waals surface area contributed by atoms with Crippen molar-refractivity contribution in [3.05, 3.63) is 100 Å². The summed E-state index contributed by atoms with van der Waals surface area (Å²) in [5.41, 5.74) is 4.04. The van der Waals surface area contributed by atoms with Crippen molar-refractivity contribution in [3.8, 4) is 5.75 Å². The summed E-state index contributed by atoms with van der Waals surface area (Å²) in [5, 5.41) is 11.5. The van der Waals surface area contributed by atoms with Gasteiger partial charge in [0.25, 0.3) is 11.7 Å². The first-order valence-corrected chi connectivity index (χ1v) is 13.0. The van der Waals surface area contributed by atoms with Crippen molar-refractivity contribution in [3.63, 3.8) is 0 Å². The molecule has 0 spiro atoms. The fourth-order valence-electron chi connectivity index (χ4n) is 4.61. The summed E-state index contributed by atoms with van der Waals surface area (Å²) >= 11 is 0. The van der Waals surface area contributed by atoms with E-state index in [1.807, 2.05) is 37.3 Å². The van der Waals surface area contributed by atoms with E-state index >= 15 is 0 Å². The first-order chi connectivity index (χ1) is 18.0. The van der Waals surface area contributed by atoms with E-state index in [9.17, 15) is 14.7 Å². The monoisotopic (exact) mass is 512 g/mol. The Morgan fingerprint density at radius 2 is 1.79 bits per heavy atom. The number of pyridine rings is 1. The number of likely N-dealkylation sites (tertiary alicyclic amines) is 1. The van der Waals surface area contributed by atoms with Crippen LogP contribution in [-0.2, 0) is 21.5 Å². The predicted octanol–water partition coefficient (Wildman–Crippen LogP) is 6.34. The minimum atomic E-state index is -0.735. The van der Waals surface area contributed by atoms with Crippen LogP contribution in [0, 0.1) is 12.8 Å². The van der Waals surface area contributed by atoms with Crippen molar-refractivity contribution in [2.75, 3.05) is 6.61 Å². The maximum absolute atomic E-state index is 13.4. The van der Waals surface area contributed by atoms with Crippen LogP contribution in [0.1, 0.15) is 68.5 Å². The Hall–Kier alpha value is -3.93. The number of hydrogen-bond donors (Lipinski definition) is 1. The van der Waals surface area contributed by atoms with E-state index < -0.39 is 17.7 Å². The fourth-order valence-corrected chi connectivity index (χ4v) is 4.61. The lowest BCUT2D eigenvalue weighted by atomic mass is 9.85. The van der Waals surface area contributed by atoms with Crippen LogP contribution >= 0.6 is 0 Å². The Morgan fingerprint density at radius 3 is 2.37 bits per heavy atom. The van der Waals surface area contributed by atoms with Gasteiger partial charge in [0.1, 0.15) is 11.5 Å².